The molecule has 0 radical (unpaired) electrons. The normalized spacial score (nSPS) is 11.0. The molecule has 0 fully saturated rings. The second-order valence-corrected chi connectivity index (χ2v) is 1.34. The van der Waals surface area contributed by atoms with Gasteiger partial charge in [-0.1, -0.05) is 10.3 Å². The van der Waals surface area contributed by atoms with Crippen LogP contribution in [0.4, 0.5) is 0 Å². The average Bonchev–Trinajstić information content (AvgIpc) is 1.97. The molecule has 0 aromatic heterocycles. The Morgan fingerprint density at radius 1 is 1.00 bits per heavy atom. The van der Waals surface area contributed by atoms with Crippen molar-refractivity contribution < 1.29 is 9.68 Å². The van der Waals surface area contributed by atoms with Gasteiger partial charge < -0.3 is 9.68 Å². The van der Waals surface area contributed by atoms with E-state index in [-0.39, 0.29) is 0 Å². The summed E-state index contributed by atoms with van der Waals surface area (Å²) < 4.78 is 0. The van der Waals surface area contributed by atoms with Gasteiger partial charge in [0.2, 0.25) is 0 Å². The molecule has 0 N–H and O–H groups in total. The molecule has 0 unspecified atom stereocenters. The summed E-state index contributed by atoms with van der Waals surface area (Å²) in [6.07, 6.45) is 2.86. The van der Waals surface area contributed by atoms with Gasteiger partial charge >= 0.3 is 0 Å². The van der Waals surface area contributed by atoms with Crippen LogP contribution < -0.4 is 0 Å². The molecule has 0 aliphatic rings. The topological polar surface area (TPSA) is 43.2 Å². The van der Waals surface area contributed by atoms with Crippen molar-refractivity contribution >= 4 is 12.4 Å². The Morgan fingerprint density at radius 2 is 1.40 bits per heavy atom. The van der Waals surface area contributed by atoms with E-state index in [1.54, 1.807) is 0 Å². The van der Waals surface area contributed by atoms with Crippen molar-refractivity contribution in [3.63, 3.8) is 0 Å². The molecule has 0 amide bonds. The van der Waals surface area contributed by atoms with E-state index in [0.717, 1.165) is 0 Å². The molecule has 0 saturated heterocycles. The number of rotatable bonds is 5. The first-order chi connectivity index (χ1) is 4.91. The van der Waals surface area contributed by atoms with Gasteiger partial charge in [-0.3, -0.25) is 0 Å². The van der Waals surface area contributed by atoms with Crippen LogP contribution in [0.2, 0.25) is 0 Å². The van der Waals surface area contributed by atoms with E-state index < -0.39 is 0 Å². The van der Waals surface area contributed by atoms with E-state index in [9.17, 15) is 0 Å². The van der Waals surface area contributed by atoms with Crippen molar-refractivity contribution in [2.24, 2.45) is 10.3 Å². The van der Waals surface area contributed by atoms with Crippen LogP contribution in [0.15, 0.2) is 10.3 Å². The number of nitrogens with zero attached hydrogens (tertiary/aromatic N) is 2. The molecule has 0 heterocycles. The highest BCUT2D eigenvalue weighted by atomic mass is 16.6. The lowest BCUT2D eigenvalue weighted by Crippen LogP contribution is -1.84. The highest BCUT2D eigenvalue weighted by Crippen LogP contribution is 1.71. The summed E-state index contributed by atoms with van der Waals surface area (Å²) in [5.74, 6) is 0. The van der Waals surface area contributed by atoms with E-state index in [1.807, 2.05) is 13.8 Å². The van der Waals surface area contributed by atoms with Crippen LogP contribution in [0.1, 0.15) is 13.8 Å². The van der Waals surface area contributed by atoms with Gasteiger partial charge in [-0.2, -0.15) is 0 Å². The number of hydrogen-bond acceptors (Lipinski definition) is 4. The van der Waals surface area contributed by atoms with E-state index >= 15 is 0 Å². The first-order valence-corrected chi connectivity index (χ1v) is 3.21. The maximum absolute atomic E-state index is 4.64. The molecule has 4 nitrogen and oxygen atoms in total. The zero-order chi connectivity index (χ0) is 7.66. The predicted molar refractivity (Wildman–Crippen MR) is 40.2 cm³/mol. The summed E-state index contributed by atoms with van der Waals surface area (Å²) in [5.41, 5.74) is 0. The molecule has 0 aliphatic heterocycles. The maximum Gasteiger partial charge on any atom is 0.114 e. The number of oxime groups is 2. The van der Waals surface area contributed by atoms with Crippen LogP contribution in [0.5, 0.6) is 0 Å². The van der Waals surface area contributed by atoms with Crippen LogP contribution in [-0.4, -0.2) is 25.6 Å². The third-order valence-corrected chi connectivity index (χ3v) is 0.596. The average molecular weight is 144 g/mol. The van der Waals surface area contributed by atoms with Crippen LogP contribution in [0.25, 0.3) is 0 Å². The molecule has 0 rings (SSSR count). The van der Waals surface area contributed by atoms with Gasteiger partial charge in [0.1, 0.15) is 13.2 Å². The largest absolute Gasteiger partial charge is 0.396 e. The molecular formula is C6H12N2O2. The van der Waals surface area contributed by atoms with Crippen LogP contribution in [-0.2, 0) is 9.68 Å². The Balaban J connectivity index is 3.15. The van der Waals surface area contributed by atoms with Crippen molar-refractivity contribution in [2.45, 2.75) is 13.8 Å². The van der Waals surface area contributed by atoms with Gasteiger partial charge in [0.25, 0.3) is 0 Å². The van der Waals surface area contributed by atoms with Gasteiger partial charge in [-0.25, -0.2) is 0 Å². The number of hydrogen-bond donors (Lipinski definition) is 0. The molecule has 58 valence electrons. The lowest BCUT2D eigenvalue weighted by Gasteiger charge is -1.88. The minimum Gasteiger partial charge on any atom is -0.396 e. The molecule has 0 aromatic rings. The molecule has 0 aromatic carbocycles. The SMILES string of the molecule is CCON=CC=NOCC. The Bertz CT molecular complexity index is 98.3. The molecular weight excluding hydrogens is 132 g/mol. The second kappa shape index (κ2) is 7.94. The highest BCUT2D eigenvalue weighted by molar-refractivity contribution is 6.15. The van der Waals surface area contributed by atoms with Gasteiger partial charge in [0.05, 0.1) is 12.4 Å². The zero-order valence-electron chi connectivity index (χ0n) is 6.28. The Morgan fingerprint density at radius 3 is 1.70 bits per heavy atom. The Labute approximate surface area is 60.5 Å². The molecule has 0 saturated carbocycles. The Hall–Kier alpha value is -1.06. The van der Waals surface area contributed by atoms with Crippen molar-refractivity contribution in [1.29, 1.82) is 0 Å². The fraction of sp³-hybridized carbons (Fsp3) is 0.667. The first-order valence-electron chi connectivity index (χ1n) is 3.21. The van der Waals surface area contributed by atoms with E-state index in [1.165, 1.54) is 12.4 Å². The van der Waals surface area contributed by atoms with E-state index in [4.69, 9.17) is 0 Å². The summed E-state index contributed by atoms with van der Waals surface area (Å²) in [6, 6.07) is 0. The molecule has 0 bridgehead atoms. The minimum absolute atomic E-state index is 0.568. The lowest BCUT2D eigenvalue weighted by atomic mass is 10.8. The van der Waals surface area contributed by atoms with Gasteiger partial charge in [0.15, 0.2) is 0 Å². The van der Waals surface area contributed by atoms with Crippen molar-refractivity contribution in [3.05, 3.63) is 0 Å². The summed E-state index contributed by atoms with van der Waals surface area (Å²) in [4.78, 5) is 9.27. The monoisotopic (exact) mass is 144 g/mol. The maximum atomic E-state index is 4.64. The fourth-order valence-corrected chi connectivity index (χ4v) is 0.290. The summed E-state index contributed by atoms with van der Waals surface area (Å²) in [7, 11) is 0. The summed E-state index contributed by atoms with van der Waals surface area (Å²) >= 11 is 0. The van der Waals surface area contributed by atoms with Crippen LogP contribution >= 0.6 is 0 Å². The molecule has 0 spiro atoms. The molecule has 10 heavy (non-hydrogen) atoms. The lowest BCUT2D eigenvalue weighted by molar-refractivity contribution is 0.157. The van der Waals surface area contributed by atoms with Gasteiger partial charge in [-0.15, -0.1) is 0 Å². The van der Waals surface area contributed by atoms with Crippen LogP contribution in [0, 0.1) is 0 Å². The third-order valence-electron chi connectivity index (χ3n) is 0.596. The predicted octanol–water partition coefficient (Wildman–Crippen LogP) is 1.03. The van der Waals surface area contributed by atoms with E-state index in [2.05, 4.69) is 20.0 Å². The summed E-state index contributed by atoms with van der Waals surface area (Å²) in [5, 5.41) is 7.01. The fourth-order valence-electron chi connectivity index (χ4n) is 0.290. The van der Waals surface area contributed by atoms with Crippen molar-refractivity contribution in [3.8, 4) is 0 Å². The zero-order valence-corrected chi connectivity index (χ0v) is 6.28. The quantitative estimate of drug-likeness (QED) is 0.427. The Kier molecular flexibility index (Phi) is 7.10. The van der Waals surface area contributed by atoms with Crippen LogP contribution in [0.3, 0.4) is 0 Å². The second-order valence-electron chi connectivity index (χ2n) is 1.34. The van der Waals surface area contributed by atoms with Gasteiger partial charge in [0, 0.05) is 0 Å². The molecule has 4 heteroatoms. The van der Waals surface area contributed by atoms with E-state index in [0.29, 0.717) is 13.2 Å². The minimum atomic E-state index is 0.568. The smallest absolute Gasteiger partial charge is 0.114 e. The standard InChI is InChI=1S/C6H12N2O2/c1-3-9-7-5-6-8-10-4-2/h5-6H,3-4H2,1-2H3. The first kappa shape index (κ1) is 8.94. The third kappa shape index (κ3) is 6.94. The highest BCUT2D eigenvalue weighted by Gasteiger charge is 1.69. The summed E-state index contributed by atoms with van der Waals surface area (Å²) in [6.45, 7) is 4.85. The van der Waals surface area contributed by atoms with Gasteiger partial charge in [-0.05, 0) is 13.8 Å². The molecule has 0 aliphatic carbocycles. The molecule has 0 atom stereocenters. The van der Waals surface area contributed by atoms with Crippen molar-refractivity contribution in [1.82, 2.24) is 0 Å². The van der Waals surface area contributed by atoms with Crippen molar-refractivity contribution in [2.75, 3.05) is 13.2 Å².